The molecule has 0 amide bonds. The van der Waals surface area contributed by atoms with Crippen molar-refractivity contribution in [2.75, 3.05) is 13.1 Å². The minimum Gasteiger partial charge on any atom is -0.356 e. The van der Waals surface area contributed by atoms with Gasteiger partial charge in [0.1, 0.15) is 5.84 Å². The van der Waals surface area contributed by atoms with Crippen molar-refractivity contribution < 1.29 is 0 Å². The minimum absolute atomic E-state index is 0.546. The monoisotopic (exact) mass is 282 g/mol. The topological polar surface area (TPSA) is 15.6 Å². The lowest BCUT2D eigenvalue weighted by Gasteiger charge is -2.29. The lowest BCUT2D eigenvalue weighted by atomic mass is 10.1. The van der Waals surface area contributed by atoms with Crippen LogP contribution in [-0.2, 0) is 0 Å². The van der Waals surface area contributed by atoms with E-state index in [0.29, 0.717) is 10.0 Å². The van der Waals surface area contributed by atoms with E-state index >= 15 is 0 Å². The van der Waals surface area contributed by atoms with Crippen LogP contribution in [0.2, 0.25) is 10.0 Å². The highest BCUT2D eigenvalue weighted by Gasteiger charge is 2.15. The number of halogens is 2. The van der Waals surface area contributed by atoms with Gasteiger partial charge in [0.25, 0.3) is 0 Å². The SMILES string of the molecule is C=CCN1CCCCC1=Nc1ccc(Cl)c(Cl)c1. The maximum Gasteiger partial charge on any atom is 0.105 e. The van der Waals surface area contributed by atoms with Crippen molar-refractivity contribution >= 4 is 34.7 Å². The van der Waals surface area contributed by atoms with Crippen LogP contribution in [-0.4, -0.2) is 23.8 Å². The highest BCUT2D eigenvalue weighted by atomic mass is 35.5. The second-order valence-electron chi connectivity index (χ2n) is 4.32. The Balaban J connectivity index is 2.23. The quantitative estimate of drug-likeness (QED) is 0.734. The third kappa shape index (κ3) is 3.27. The first kappa shape index (κ1) is 13.4. The molecule has 1 aromatic rings. The number of benzene rings is 1. The summed E-state index contributed by atoms with van der Waals surface area (Å²) in [7, 11) is 0. The summed E-state index contributed by atoms with van der Waals surface area (Å²) in [6.45, 7) is 5.68. The molecule has 1 aliphatic rings. The molecule has 0 aliphatic carbocycles. The van der Waals surface area contributed by atoms with Gasteiger partial charge in [0.05, 0.1) is 15.7 Å². The van der Waals surface area contributed by atoms with Crippen LogP contribution in [0.15, 0.2) is 35.8 Å². The first-order valence-corrected chi connectivity index (χ1v) is 6.85. The number of hydrogen-bond acceptors (Lipinski definition) is 1. The molecule has 1 heterocycles. The van der Waals surface area contributed by atoms with Crippen LogP contribution < -0.4 is 0 Å². The first-order valence-electron chi connectivity index (χ1n) is 6.09. The minimum atomic E-state index is 0.546. The molecule has 96 valence electrons. The van der Waals surface area contributed by atoms with Crippen molar-refractivity contribution in [1.29, 1.82) is 0 Å². The number of aliphatic imine (C=N–C) groups is 1. The van der Waals surface area contributed by atoms with Crippen LogP contribution in [0.5, 0.6) is 0 Å². The summed E-state index contributed by atoms with van der Waals surface area (Å²) in [5.74, 6) is 1.11. The maximum absolute atomic E-state index is 6.00. The number of likely N-dealkylation sites (tertiary alicyclic amines) is 1. The Morgan fingerprint density at radius 3 is 2.83 bits per heavy atom. The van der Waals surface area contributed by atoms with Gasteiger partial charge in [0, 0.05) is 19.5 Å². The second kappa shape index (κ2) is 6.26. The summed E-state index contributed by atoms with van der Waals surface area (Å²) in [6.07, 6.45) is 5.33. The molecule has 0 aromatic heterocycles. The van der Waals surface area contributed by atoms with Gasteiger partial charge >= 0.3 is 0 Å². The van der Waals surface area contributed by atoms with Gasteiger partial charge in [-0.2, -0.15) is 0 Å². The normalized spacial score (nSPS) is 18.1. The summed E-state index contributed by atoms with van der Waals surface area (Å²) >= 11 is 11.9. The molecular formula is C14H16Cl2N2. The van der Waals surface area contributed by atoms with Crippen LogP contribution >= 0.6 is 23.2 Å². The lowest BCUT2D eigenvalue weighted by Crippen LogP contribution is -2.35. The van der Waals surface area contributed by atoms with E-state index in [1.54, 1.807) is 12.1 Å². The predicted octanol–water partition coefficient (Wildman–Crippen LogP) is 4.70. The highest BCUT2D eigenvalue weighted by molar-refractivity contribution is 6.42. The molecule has 0 unspecified atom stereocenters. The maximum atomic E-state index is 6.00. The zero-order chi connectivity index (χ0) is 13.0. The molecule has 2 rings (SSSR count). The fourth-order valence-corrected chi connectivity index (χ4v) is 2.35. The second-order valence-corrected chi connectivity index (χ2v) is 5.13. The molecule has 1 saturated heterocycles. The Bertz CT molecular complexity index is 469. The van der Waals surface area contributed by atoms with Crippen molar-refractivity contribution in [2.24, 2.45) is 4.99 Å². The third-order valence-corrected chi connectivity index (χ3v) is 3.69. The Morgan fingerprint density at radius 1 is 1.28 bits per heavy atom. The van der Waals surface area contributed by atoms with Crippen molar-refractivity contribution in [3.63, 3.8) is 0 Å². The van der Waals surface area contributed by atoms with Crippen LogP contribution in [0.3, 0.4) is 0 Å². The van der Waals surface area contributed by atoms with Crippen molar-refractivity contribution in [2.45, 2.75) is 19.3 Å². The van der Waals surface area contributed by atoms with Gasteiger partial charge in [-0.25, -0.2) is 4.99 Å². The van der Waals surface area contributed by atoms with E-state index < -0.39 is 0 Å². The van der Waals surface area contributed by atoms with Gasteiger partial charge in [0.15, 0.2) is 0 Å². The standard InChI is InChI=1S/C14H16Cl2N2/c1-2-8-18-9-4-3-5-14(18)17-11-6-7-12(15)13(16)10-11/h2,6-7,10H,1,3-5,8-9H2. The number of amidine groups is 1. The summed E-state index contributed by atoms with van der Waals surface area (Å²) in [5.41, 5.74) is 0.857. The summed E-state index contributed by atoms with van der Waals surface area (Å²) in [5, 5.41) is 1.11. The van der Waals surface area contributed by atoms with Crippen LogP contribution in [0.1, 0.15) is 19.3 Å². The molecule has 1 fully saturated rings. The number of piperidine rings is 1. The zero-order valence-electron chi connectivity index (χ0n) is 10.2. The number of rotatable bonds is 3. The van der Waals surface area contributed by atoms with Gasteiger partial charge in [0.2, 0.25) is 0 Å². The van der Waals surface area contributed by atoms with E-state index in [1.807, 2.05) is 12.1 Å². The fourth-order valence-electron chi connectivity index (χ4n) is 2.06. The Labute approximate surface area is 118 Å². The Kier molecular flexibility index (Phi) is 4.67. The van der Waals surface area contributed by atoms with E-state index in [0.717, 1.165) is 31.0 Å². The number of nitrogens with zero attached hydrogens (tertiary/aromatic N) is 2. The molecule has 1 aromatic carbocycles. The zero-order valence-corrected chi connectivity index (χ0v) is 11.7. The highest BCUT2D eigenvalue weighted by Crippen LogP contribution is 2.27. The van der Waals surface area contributed by atoms with Crippen LogP contribution in [0, 0.1) is 0 Å². The average Bonchev–Trinajstić information content (AvgIpc) is 2.37. The van der Waals surface area contributed by atoms with E-state index in [9.17, 15) is 0 Å². The molecular weight excluding hydrogens is 267 g/mol. The van der Waals surface area contributed by atoms with Gasteiger partial charge < -0.3 is 4.90 Å². The number of hydrogen-bond donors (Lipinski definition) is 0. The van der Waals surface area contributed by atoms with E-state index in [2.05, 4.69) is 16.5 Å². The average molecular weight is 283 g/mol. The Morgan fingerprint density at radius 2 is 2.11 bits per heavy atom. The lowest BCUT2D eigenvalue weighted by molar-refractivity contribution is 0.402. The largest absolute Gasteiger partial charge is 0.356 e. The molecule has 0 atom stereocenters. The smallest absolute Gasteiger partial charge is 0.105 e. The van der Waals surface area contributed by atoms with Crippen molar-refractivity contribution in [3.8, 4) is 0 Å². The van der Waals surface area contributed by atoms with Gasteiger partial charge in [-0.15, -0.1) is 6.58 Å². The summed E-state index contributed by atoms with van der Waals surface area (Å²) in [6, 6.07) is 5.48. The molecule has 18 heavy (non-hydrogen) atoms. The van der Waals surface area contributed by atoms with Crippen molar-refractivity contribution in [3.05, 3.63) is 40.9 Å². The van der Waals surface area contributed by atoms with Crippen molar-refractivity contribution in [1.82, 2.24) is 4.90 Å². The fraction of sp³-hybridized carbons (Fsp3) is 0.357. The Hall–Kier alpha value is -0.990. The predicted molar refractivity (Wildman–Crippen MR) is 79.2 cm³/mol. The van der Waals surface area contributed by atoms with Gasteiger partial charge in [-0.1, -0.05) is 29.3 Å². The molecule has 0 bridgehead atoms. The molecule has 2 nitrogen and oxygen atoms in total. The van der Waals surface area contributed by atoms with E-state index in [1.165, 1.54) is 12.8 Å². The molecule has 0 N–H and O–H groups in total. The summed E-state index contributed by atoms with van der Waals surface area (Å²) < 4.78 is 0. The molecule has 0 saturated carbocycles. The molecule has 0 spiro atoms. The van der Waals surface area contributed by atoms with E-state index in [-0.39, 0.29) is 0 Å². The summed E-state index contributed by atoms with van der Waals surface area (Å²) in [4.78, 5) is 6.93. The molecule has 0 radical (unpaired) electrons. The van der Waals surface area contributed by atoms with Gasteiger partial charge in [-0.05, 0) is 31.0 Å². The van der Waals surface area contributed by atoms with Gasteiger partial charge in [-0.3, -0.25) is 0 Å². The molecule has 1 aliphatic heterocycles. The third-order valence-electron chi connectivity index (χ3n) is 2.95. The van der Waals surface area contributed by atoms with Crippen LogP contribution in [0.25, 0.3) is 0 Å². The molecule has 4 heteroatoms. The van der Waals surface area contributed by atoms with E-state index in [4.69, 9.17) is 23.2 Å². The first-order chi connectivity index (χ1) is 8.70. The van der Waals surface area contributed by atoms with Crippen LogP contribution in [0.4, 0.5) is 5.69 Å².